The van der Waals surface area contributed by atoms with Crippen molar-refractivity contribution in [3.8, 4) is 11.5 Å². The van der Waals surface area contributed by atoms with Crippen molar-refractivity contribution in [1.82, 2.24) is 4.90 Å². The van der Waals surface area contributed by atoms with Gasteiger partial charge in [-0.15, -0.1) is 0 Å². The molecule has 21 heavy (non-hydrogen) atoms. The zero-order chi connectivity index (χ0) is 14.8. The third kappa shape index (κ3) is 2.64. The average Bonchev–Trinajstić information content (AvgIpc) is 2.53. The summed E-state index contributed by atoms with van der Waals surface area (Å²) in [6.07, 6.45) is 0. The van der Waals surface area contributed by atoms with Crippen LogP contribution in [0.3, 0.4) is 0 Å². The van der Waals surface area contributed by atoms with Gasteiger partial charge >= 0.3 is 5.97 Å². The molecule has 0 aliphatic carbocycles. The Labute approximate surface area is 121 Å². The van der Waals surface area contributed by atoms with Crippen LogP contribution in [0.1, 0.15) is 10.4 Å². The molecule has 1 atom stereocenters. The van der Waals surface area contributed by atoms with E-state index in [1.165, 1.54) is 4.90 Å². The molecule has 1 fully saturated rings. The van der Waals surface area contributed by atoms with Crippen LogP contribution in [-0.4, -0.2) is 60.9 Å². The average molecular weight is 293 g/mol. The van der Waals surface area contributed by atoms with E-state index in [0.717, 1.165) is 0 Å². The number of carboxylic acid groups (broad SMARTS) is 1. The Morgan fingerprint density at radius 2 is 1.90 bits per heavy atom. The van der Waals surface area contributed by atoms with Crippen LogP contribution in [0.15, 0.2) is 18.2 Å². The van der Waals surface area contributed by atoms with Crippen LogP contribution in [0.25, 0.3) is 0 Å². The van der Waals surface area contributed by atoms with Crippen molar-refractivity contribution in [2.45, 2.75) is 6.04 Å². The molecule has 3 rings (SSSR count). The van der Waals surface area contributed by atoms with Gasteiger partial charge in [0.05, 0.1) is 13.2 Å². The molecule has 0 aromatic heterocycles. The number of fused-ring (bicyclic) bond motifs is 1. The van der Waals surface area contributed by atoms with Crippen molar-refractivity contribution in [2.24, 2.45) is 0 Å². The largest absolute Gasteiger partial charge is 0.486 e. The number of carboxylic acids is 1. The van der Waals surface area contributed by atoms with E-state index in [9.17, 15) is 14.7 Å². The monoisotopic (exact) mass is 293 g/mol. The number of aliphatic carboxylic acids is 1. The summed E-state index contributed by atoms with van der Waals surface area (Å²) >= 11 is 0. The second-order valence-corrected chi connectivity index (χ2v) is 4.79. The van der Waals surface area contributed by atoms with Crippen LogP contribution in [0.4, 0.5) is 0 Å². The first kappa shape index (κ1) is 13.7. The number of carbonyl (C=O) groups is 2. The normalized spacial score (nSPS) is 21.0. The molecule has 0 radical (unpaired) electrons. The molecule has 1 unspecified atom stereocenters. The lowest BCUT2D eigenvalue weighted by atomic mass is 10.1. The molecule has 7 heteroatoms. The maximum absolute atomic E-state index is 12.5. The molecule has 2 aliphatic rings. The molecule has 2 aliphatic heterocycles. The molecule has 112 valence electrons. The zero-order valence-corrected chi connectivity index (χ0v) is 11.3. The minimum atomic E-state index is -1.07. The molecular formula is C14H15NO6. The van der Waals surface area contributed by atoms with E-state index in [2.05, 4.69) is 0 Å². The summed E-state index contributed by atoms with van der Waals surface area (Å²) < 4.78 is 16.0. The quantitative estimate of drug-likeness (QED) is 0.848. The summed E-state index contributed by atoms with van der Waals surface area (Å²) in [4.78, 5) is 25.0. The number of amides is 1. The smallest absolute Gasteiger partial charge is 0.328 e. The highest BCUT2D eigenvalue weighted by molar-refractivity contribution is 5.97. The Morgan fingerprint density at radius 3 is 2.67 bits per heavy atom. The number of nitrogens with zero attached hydrogens (tertiary/aromatic N) is 1. The predicted octanol–water partition coefficient (Wildman–Crippen LogP) is 0.383. The fraction of sp³-hybridized carbons (Fsp3) is 0.429. The maximum Gasteiger partial charge on any atom is 0.328 e. The number of hydrogen-bond donors (Lipinski definition) is 1. The lowest BCUT2D eigenvalue weighted by Crippen LogP contribution is -2.52. The molecule has 0 spiro atoms. The highest BCUT2D eigenvalue weighted by atomic mass is 16.6. The minimum absolute atomic E-state index is 0.00558. The number of morpholine rings is 1. The number of benzene rings is 1. The van der Waals surface area contributed by atoms with Crippen LogP contribution in [0.5, 0.6) is 11.5 Å². The molecular weight excluding hydrogens is 278 g/mol. The number of carbonyl (C=O) groups excluding carboxylic acids is 1. The van der Waals surface area contributed by atoms with Gasteiger partial charge in [-0.3, -0.25) is 4.79 Å². The van der Waals surface area contributed by atoms with E-state index in [0.29, 0.717) is 36.9 Å². The van der Waals surface area contributed by atoms with Crippen molar-refractivity contribution in [1.29, 1.82) is 0 Å². The van der Waals surface area contributed by atoms with E-state index >= 15 is 0 Å². The third-order valence-electron chi connectivity index (χ3n) is 3.46. The fourth-order valence-corrected chi connectivity index (χ4v) is 2.39. The van der Waals surface area contributed by atoms with Gasteiger partial charge in [0.25, 0.3) is 5.91 Å². The van der Waals surface area contributed by atoms with Crippen molar-refractivity contribution < 1.29 is 28.9 Å². The lowest BCUT2D eigenvalue weighted by molar-refractivity contribution is -0.147. The van der Waals surface area contributed by atoms with Crippen LogP contribution in [-0.2, 0) is 9.53 Å². The van der Waals surface area contributed by atoms with Gasteiger partial charge < -0.3 is 24.2 Å². The van der Waals surface area contributed by atoms with E-state index in [4.69, 9.17) is 14.2 Å². The van der Waals surface area contributed by atoms with Crippen molar-refractivity contribution >= 4 is 11.9 Å². The fourth-order valence-electron chi connectivity index (χ4n) is 2.39. The summed E-state index contributed by atoms with van der Waals surface area (Å²) in [5.41, 5.74) is 0.382. The molecule has 7 nitrogen and oxygen atoms in total. The second-order valence-electron chi connectivity index (χ2n) is 4.79. The Kier molecular flexibility index (Phi) is 3.66. The number of hydrogen-bond acceptors (Lipinski definition) is 5. The van der Waals surface area contributed by atoms with Crippen molar-refractivity contribution in [3.05, 3.63) is 23.8 Å². The maximum atomic E-state index is 12.5. The highest BCUT2D eigenvalue weighted by Gasteiger charge is 2.33. The predicted molar refractivity (Wildman–Crippen MR) is 70.7 cm³/mol. The van der Waals surface area contributed by atoms with Crippen LogP contribution in [0, 0.1) is 0 Å². The topological polar surface area (TPSA) is 85.3 Å². The molecule has 1 amide bonds. The summed E-state index contributed by atoms with van der Waals surface area (Å²) in [6.45, 7) is 1.50. The van der Waals surface area contributed by atoms with Gasteiger partial charge in [0.2, 0.25) is 0 Å². The van der Waals surface area contributed by atoms with Crippen LogP contribution >= 0.6 is 0 Å². The minimum Gasteiger partial charge on any atom is -0.486 e. The van der Waals surface area contributed by atoms with Gasteiger partial charge in [-0.2, -0.15) is 0 Å². The standard InChI is InChI=1S/C14H15NO6/c16-13(15-3-4-19-8-10(15)14(17)18)9-1-2-11-12(7-9)21-6-5-20-11/h1-2,7,10H,3-6,8H2,(H,17,18). The Morgan fingerprint density at radius 1 is 1.14 bits per heavy atom. The van der Waals surface area contributed by atoms with Crippen molar-refractivity contribution in [3.63, 3.8) is 0 Å². The Hall–Kier alpha value is -2.28. The zero-order valence-electron chi connectivity index (χ0n) is 11.3. The first-order valence-electron chi connectivity index (χ1n) is 6.68. The third-order valence-corrected chi connectivity index (χ3v) is 3.46. The van der Waals surface area contributed by atoms with Crippen LogP contribution in [0.2, 0.25) is 0 Å². The van der Waals surface area contributed by atoms with Gasteiger partial charge in [0.15, 0.2) is 17.5 Å². The first-order chi connectivity index (χ1) is 10.2. The molecule has 1 aromatic carbocycles. The summed E-state index contributed by atoms with van der Waals surface area (Å²) in [7, 11) is 0. The van der Waals surface area contributed by atoms with E-state index in [1.807, 2.05) is 0 Å². The second kappa shape index (κ2) is 5.61. The van der Waals surface area contributed by atoms with Gasteiger partial charge in [-0.05, 0) is 18.2 Å². The molecule has 0 saturated carbocycles. The van der Waals surface area contributed by atoms with Crippen molar-refractivity contribution in [2.75, 3.05) is 33.0 Å². The van der Waals surface area contributed by atoms with Crippen LogP contribution < -0.4 is 9.47 Å². The Bertz CT molecular complexity index is 573. The molecule has 0 bridgehead atoms. The lowest BCUT2D eigenvalue weighted by Gasteiger charge is -2.33. The van der Waals surface area contributed by atoms with Gasteiger partial charge in [-0.25, -0.2) is 4.79 Å². The number of rotatable bonds is 2. The number of ether oxygens (including phenoxy) is 3. The summed E-state index contributed by atoms with van der Waals surface area (Å²) in [6, 6.07) is 3.91. The molecule has 2 heterocycles. The highest BCUT2D eigenvalue weighted by Crippen LogP contribution is 2.31. The van der Waals surface area contributed by atoms with E-state index in [1.54, 1.807) is 18.2 Å². The summed E-state index contributed by atoms with van der Waals surface area (Å²) in [5, 5.41) is 9.18. The van der Waals surface area contributed by atoms with Gasteiger partial charge in [0.1, 0.15) is 13.2 Å². The Balaban J connectivity index is 1.85. The summed E-state index contributed by atoms with van der Waals surface area (Å²) in [5.74, 6) is -0.315. The van der Waals surface area contributed by atoms with Gasteiger partial charge in [-0.1, -0.05) is 0 Å². The SMILES string of the molecule is O=C(O)C1COCCN1C(=O)c1ccc2c(c1)OCCO2. The van der Waals surface area contributed by atoms with E-state index in [-0.39, 0.29) is 19.1 Å². The first-order valence-corrected chi connectivity index (χ1v) is 6.68. The van der Waals surface area contributed by atoms with Gasteiger partial charge in [0, 0.05) is 12.1 Å². The molecule has 1 saturated heterocycles. The van der Waals surface area contributed by atoms with E-state index < -0.39 is 12.0 Å². The molecule has 1 N–H and O–H groups in total. The molecule has 1 aromatic rings.